The minimum Gasteiger partial charge on any atom is -0.312 e. The molecular formula is C11H21N3S. The molecule has 1 heterocycles. The van der Waals surface area contributed by atoms with Gasteiger partial charge >= 0.3 is 0 Å². The Hall–Kier alpha value is -0.450. The molecule has 0 amide bonds. The smallest absolute Gasteiger partial charge is 0.0795 e. The van der Waals surface area contributed by atoms with Crippen molar-refractivity contribution in [2.75, 3.05) is 13.1 Å². The average molecular weight is 227 g/mol. The van der Waals surface area contributed by atoms with Crippen molar-refractivity contribution < 1.29 is 0 Å². The molecule has 1 aromatic rings. The summed E-state index contributed by atoms with van der Waals surface area (Å²) in [5.74, 6) is 0. The van der Waals surface area contributed by atoms with E-state index in [0.29, 0.717) is 0 Å². The Morgan fingerprint density at radius 1 is 1.33 bits per heavy atom. The molecule has 4 heteroatoms. The summed E-state index contributed by atoms with van der Waals surface area (Å²) in [7, 11) is 0. The summed E-state index contributed by atoms with van der Waals surface area (Å²) in [5.41, 5.74) is 3.25. The molecule has 0 saturated heterocycles. The van der Waals surface area contributed by atoms with Crippen LogP contribution in [0.4, 0.5) is 0 Å². The van der Waals surface area contributed by atoms with Crippen molar-refractivity contribution >= 4 is 11.3 Å². The van der Waals surface area contributed by atoms with Gasteiger partial charge in [-0.1, -0.05) is 0 Å². The first kappa shape index (κ1) is 12.6. The van der Waals surface area contributed by atoms with Crippen molar-refractivity contribution in [3.8, 4) is 0 Å². The summed E-state index contributed by atoms with van der Waals surface area (Å²) in [6.07, 6.45) is 1.15. The van der Waals surface area contributed by atoms with Gasteiger partial charge in [-0.2, -0.15) is 0 Å². The van der Waals surface area contributed by atoms with E-state index >= 15 is 0 Å². The number of nitrogens with one attached hydrogen (secondary N) is 2. The van der Waals surface area contributed by atoms with E-state index in [1.54, 1.807) is 11.3 Å². The summed E-state index contributed by atoms with van der Waals surface area (Å²) in [5, 5.41) is 8.92. The molecule has 0 spiro atoms. The van der Waals surface area contributed by atoms with Crippen LogP contribution in [0.2, 0.25) is 0 Å². The van der Waals surface area contributed by atoms with Crippen LogP contribution in [0, 0.1) is 0 Å². The van der Waals surface area contributed by atoms with E-state index in [2.05, 4.69) is 41.8 Å². The molecule has 0 bridgehead atoms. The molecule has 2 N–H and O–H groups in total. The molecule has 1 rings (SSSR count). The Bertz CT molecular complexity index is 251. The first-order valence-corrected chi connectivity index (χ1v) is 6.35. The average Bonchev–Trinajstić information content (AvgIpc) is 2.61. The lowest BCUT2D eigenvalue weighted by molar-refractivity contribution is 0.418. The molecule has 15 heavy (non-hydrogen) atoms. The van der Waals surface area contributed by atoms with Crippen LogP contribution >= 0.6 is 11.3 Å². The van der Waals surface area contributed by atoms with E-state index in [-0.39, 0.29) is 5.54 Å². The maximum atomic E-state index is 4.21. The lowest BCUT2D eigenvalue weighted by atomic mass is 10.1. The molecule has 0 aliphatic heterocycles. The maximum Gasteiger partial charge on any atom is 0.0795 e. The highest BCUT2D eigenvalue weighted by Gasteiger charge is 2.06. The fraction of sp³-hybridized carbons (Fsp3) is 0.727. The number of thiazole rings is 1. The zero-order chi connectivity index (χ0) is 11.1. The molecule has 1 aromatic heterocycles. The highest BCUT2D eigenvalue weighted by Crippen LogP contribution is 2.00. The standard InChI is InChI=1S/C11H21N3S/c1-11(2,3)14-6-4-5-12-7-10-8-15-9-13-10/h8-9,12,14H,4-7H2,1-3H3. The molecule has 0 aliphatic carbocycles. The lowest BCUT2D eigenvalue weighted by Crippen LogP contribution is -2.37. The second kappa shape index (κ2) is 6.20. The molecule has 0 aliphatic rings. The fourth-order valence-electron chi connectivity index (χ4n) is 1.22. The Balaban J connectivity index is 1.94. The first-order valence-electron chi connectivity index (χ1n) is 5.41. The van der Waals surface area contributed by atoms with Crippen LogP contribution in [0.3, 0.4) is 0 Å². The first-order chi connectivity index (χ1) is 7.08. The molecule has 0 fully saturated rings. The number of hydrogen-bond acceptors (Lipinski definition) is 4. The molecule has 0 aromatic carbocycles. The second-order valence-corrected chi connectivity index (χ2v) is 5.41. The topological polar surface area (TPSA) is 37.0 Å². The van der Waals surface area contributed by atoms with Crippen LogP contribution in [0.1, 0.15) is 32.9 Å². The number of hydrogen-bond donors (Lipinski definition) is 2. The molecule has 86 valence electrons. The molecule has 0 atom stereocenters. The van der Waals surface area contributed by atoms with Crippen LogP contribution in [0.5, 0.6) is 0 Å². The molecule has 3 nitrogen and oxygen atoms in total. The van der Waals surface area contributed by atoms with Crippen molar-refractivity contribution in [2.24, 2.45) is 0 Å². The number of rotatable bonds is 6. The van der Waals surface area contributed by atoms with Crippen molar-refractivity contribution in [1.82, 2.24) is 15.6 Å². The van der Waals surface area contributed by atoms with Crippen LogP contribution in [-0.4, -0.2) is 23.6 Å². The third-order valence-corrected chi connectivity index (χ3v) is 2.61. The quantitative estimate of drug-likeness (QED) is 0.730. The number of aromatic nitrogens is 1. The van der Waals surface area contributed by atoms with Gasteiger partial charge in [0, 0.05) is 17.5 Å². The van der Waals surface area contributed by atoms with Gasteiger partial charge in [-0.15, -0.1) is 11.3 Å². The van der Waals surface area contributed by atoms with E-state index in [9.17, 15) is 0 Å². The Morgan fingerprint density at radius 2 is 2.13 bits per heavy atom. The van der Waals surface area contributed by atoms with E-state index in [1.165, 1.54) is 0 Å². The zero-order valence-electron chi connectivity index (χ0n) is 9.84. The largest absolute Gasteiger partial charge is 0.312 e. The minimum atomic E-state index is 0.231. The minimum absolute atomic E-state index is 0.231. The van der Waals surface area contributed by atoms with E-state index in [4.69, 9.17) is 0 Å². The number of nitrogens with zero attached hydrogens (tertiary/aromatic N) is 1. The Labute approximate surface area is 96.3 Å². The van der Waals surface area contributed by atoms with Crippen molar-refractivity contribution in [2.45, 2.75) is 39.3 Å². The molecular weight excluding hydrogens is 206 g/mol. The summed E-state index contributed by atoms with van der Waals surface area (Å²) >= 11 is 1.65. The van der Waals surface area contributed by atoms with Gasteiger partial charge in [0.15, 0.2) is 0 Å². The molecule has 0 unspecified atom stereocenters. The normalized spacial score (nSPS) is 11.9. The van der Waals surface area contributed by atoms with Gasteiger partial charge in [-0.25, -0.2) is 4.98 Å². The van der Waals surface area contributed by atoms with Crippen LogP contribution in [-0.2, 0) is 6.54 Å². The van der Waals surface area contributed by atoms with Gasteiger partial charge in [0.05, 0.1) is 11.2 Å². The van der Waals surface area contributed by atoms with Gasteiger partial charge in [0.25, 0.3) is 0 Å². The maximum absolute atomic E-state index is 4.21. The predicted molar refractivity (Wildman–Crippen MR) is 66.2 cm³/mol. The predicted octanol–water partition coefficient (Wildman–Crippen LogP) is 2.01. The SMILES string of the molecule is CC(C)(C)NCCCNCc1cscn1. The van der Waals surface area contributed by atoms with Crippen LogP contribution in [0.25, 0.3) is 0 Å². The van der Waals surface area contributed by atoms with Crippen molar-refractivity contribution in [3.63, 3.8) is 0 Å². The van der Waals surface area contributed by atoms with Gasteiger partial charge in [-0.3, -0.25) is 0 Å². The van der Waals surface area contributed by atoms with E-state index < -0.39 is 0 Å². The summed E-state index contributed by atoms with van der Waals surface area (Å²) in [4.78, 5) is 4.21. The summed E-state index contributed by atoms with van der Waals surface area (Å²) < 4.78 is 0. The van der Waals surface area contributed by atoms with E-state index in [1.807, 2.05) is 5.51 Å². The second-order valence-electron chi connectivity index (χ2n) is 4.69. The third kappa shape index (κ3) is 6.60. The zero-order valence-corrected chi connectivity index (χ0v) is 10.7. The van der Waals surface area contributed by atoms with E-state index in [0.717, 1.165) is 31.7 Å². The highest BCUT2D eigenvalue weighted by molar-refractivity contribution is 7.07. The van der Waals surface area contributed by atoms with Crippen LogP contribution in [0.15, 0.2) is 10.9 Å². The van der Waals surface area contributed by atoms with Gasteiger partial charge in [0.2, 0.25) is 0 Å². The third-order valence-electron chi connectivity index (χ3n) is 1.98. The van der Waals surface area contributed by atoms with Gasteiger partial charge < -0.3 is 10.6 Å². The van der Waals surface area contributed by atoms with Gasteiger partial charge in [-0.05, 0) is 40.3 Å². The Kier molecular flexibility index (Phi) is 5.22. The Morgan fingerprint density at radius 3 is 2.73 bits per heavy atom. The fourth-order valence-corrected chi connectivity index (χ4v) is 1.78. The lowest BCUT2D eigenvalue weighted by Gasteiger charge is -2.20. The molecule has 0 radical (unpaired) electrons. The summed E-state index contributed by atoms with van der Waals surface area (Å²) in [6, 6.07) is 0. The van der Waals surface area contributed by atoms with Crippen LogP contribution < -0.4 is 10.6 Å². The van der Waals surface area contributed by atoms with Crippen molar-refractivity contribution in [3.05, 3.63) is 16.6 Å². The van der Waals surface area contributed by atoms with Crippen molar-refractivity contribution in [1.29, 1.82) is 0 Å². The highest BCUT2D eigenvalue weighted by atomic mass is 32.1. The molecule has 0 saturated carbocycles. The monoisotopic (exact) mass is 227 g/mol. The van der Waals surface area contributed by atoms with Gasteiger partial charge in [0.1, 0.15) is 0 Å². The summed E-state index contributed by atoms with van der Waals surface area (Å²) in [6.45, 7) is 9.56.